The highest BCUT2D eigenvalue weighted by atomic mass is 32.2. The Kier molecular flexibility index (Phi) is 4.65. The maximum absolute atomic E-state index is 12.8. The smallest absolute Gasteiger partial charge is 0.255 e. The lowest BCUT2D eigenvalue weighted by Crippen LogP contribution is -2.44. The molecular formula is C19H17N3O2S2. The van der Waals surface area contributed by atoms with Crippen LogP contribution in [0.3, 0.4) is 0 Å². The Labute approximate surface area is 159 Å². The fourth-order valence-electron chi connectivity index (χ4n) is 2.93. The number of aryl methyl sites for hydroxylation is 1. The zero-order valence-corrected chi connectivity index (χ0v) is 15.8. The number of hydrogen-bond donors (Lipinski definition) is 1. The van der Waals surface area contributed by atoms with Crippen molar-refractivity contribution in [1.29, 1.82) is 0 Å². The van der Waals surface area contributed by atoms with E-state index in [2.05, 4.69) is 10.3 Å². The highest BCUT2D eigenvalue weighted by Crippen LogP contribution is 2.29. The largest absolute Gasteiger partial charge is 0.316 e. The van der Waals surface area contributed by atoms with Crippen molar-refractivity contribution in [3.63, 3.8) is 0 Å². The quantitative estimate of drug-likeness (QED) is 0.748. The number of fused-ring (bicyclic) bond motifs is 1. The summed E-state index contributed by atoms with van der Waals surface area (Å²) >= 11 is 3.04. The Morgan fingerprint density at radius 1 is 1.15 bits per heavy atom. The van der Waals surface area contributed by atoms with E-state index < -0.39 is 6.04 Å². The number of benzene rings is 2. The lowest BCUT2D eigenvalue weighted by atomic mass is 10.1. The molecule has 132 valence electrons. The lowest BCUT2D eigenvalue weighted by Gasteiger charge is -2.22. The van der Waals surface area contributed by atoms with Crippen molar-refractivity contribution in [3.8, 4) is 0 Å². The molecule has 2 aromatic carbocycles. The van der Waals surface area contributed by atoms with E-state index in [-0.39, 0.29) is 11.8 Å². The predicted octanol–water partition coefficient (Wildman–Crippen LogP) is 3.76. The summed E-state index contributed by atoms with van der Waals surface area (Å²) in [5, 5.41) is 3.47. The molecule has 1 aromatic heterocycles. The van der Waals surface area contributed by atoms with Crippen LogP contribution in [0.2, 0.25) is 0 Å². The number of nitrogens with one attached hydrogen (secondary N) is 1. The Morgan fingerprint density at radius 3 is 2.73 bits per heavy atom. The van der Waals surface area contributed by atoms with E-state index in [1.807, 2.05) is 43.3 Å². The molecule has 0 bridgehead atoms. The summed E-state index contributed by atoms with van der Waals surface area (Å²) in [5.74, 6) is 0.811. The van der Waals surface area contributed by atoms with Gasteiger partial charge in [-0.3, -0.25) is 9.59 Å². The van der Waals surface area contributed by atoms with Crippen molar-refractivity contribution in [3.05, 3.63) is 59.7 Å². The van der Waals surface area contributed by atoms with Crippen LogP contribution in [0.1, 0.15) is 15.9 Å². The van der Waals surface area contributed by atoms with Crippen LogP contribution < -0.4 is 5.32 Å². The molecule has 0 saturated carbocycles. The van der Waals surface area contributed by atoms with E-state index in [4.69, 9.17) is 0 Å². The number of nitrogens with zero attached hydrogens (tertiary/aromatic N) is 2. The number of aromatic nitrogens is 1. The third-order valence-electron chi connectivity index (χ3n) is 4.32. The minimum atomic E-state index is -0.485. The summed E-state index contributed by atoms with van der Waals surface area (Å²) < 4.78 is 1.04. The maximum Gasteiger partial charge on any atom is 0.255 e. The number of anilines is 1. The lowest BCUT2D eigenvalue weighted by molar-refractivity contribution is -0.119. The molecule has 1 atom stereocenters. The molecule has 0 spiro atoms. The van der Waals surface area contributed by atoms with Gasteiger partial charge in [-0.25, -0.2) is 4.98 Å². The van der Waals surface area contributed by atoms with E-state index in [0.29, 0.717) is 22.3 Å². The number of thiazole rings is 1. The summed E-state index contributed by atoms with van der Waals surface area (Å²) in [6.07, 6.45) is 0. The second-order valence-electron chi connectivity index (χ2n) is 6.09. The van der Waals surface area contributed by atoms with Crippen LogP contribution in [0.4, 0.5) is 5.13 Å². The summed E-state index contributed by atoms with van der Waals surface area (Å²) in [7, 11) is 0. The van der Waals surface area contributed by atoms with E-state index in [1.54, 1.807) is 28.8 Å². The minimum absolute atomic E-state index is 0.115. The SMILES string of the molecule is Cc1cccc2sc(NC(=O)C3CSCN3C(=O)c3ccccc3)nc12. The number of hydrogen-bond acceptors (Lipinski definition) is 5. The van der Waals surface area contributed by atoms with Crippen LogP contribution in [-0.2, 0) is 4.79 Å². The molecule has 2 heterocycles. The first-order chi connectivity index (χ1) is 12.6. The van der Waals surface area contributed by atoms with Gasteiger partial charge in [-0.2, -0.15) is 0 Å². The second kappa shape index (κ2) is 7.09. The van der Waals surface area contributed by atoms with Gasteiger partial charge >= 0.3 is 0 Å². The normalized spacial score (nSPS) is 16.8. The topological polar surface area (TPSA) is 62.3 Å². The van der Waals surface area contributed by atoms with E-state index in [0.717, 1.165) is 15.8 Å². The van der Waals surface area contributed by atoms with Crippen molar-refractivity contribution in [2.24, 2.45) is 0 Å². The van der Waals surface area contributed by atoms with E-state index in [9.17, 15) is 9.59 Å². The zero-order chi connectivity index (χ0) is 18.1. The van der Waals surface area contributed by atoms with Crippen LogP contribution in [-0.4, -0.2) is 39.4 Å². The summed E-state index contributed by atoms with van der Waals surface area (Å²) in [6, 6.07) is 14.6. The first-order valence-electron chi connectivity index (χ1n) is 8.24. The van der Waals surface area contributed by atoms with Gasteiger partial charge in [0.2, 0.25) is 5.91 Å². The number of amides is 2. The third-order valence-corrected chi connectivity index (χ3v) is 6.27. The van der Waals surface area contributed by atoms with Crippen LogP contribution in [0.15, 0.2) is 48.5 Å². The highest BCUT2D eigenvalue weighted by Gasteiger charge is 2.35. The van der Waals surface area contributed by atoms with Crippen molar-refractivity contribution < 1.29 is 9.59 Å². The van der Waals surface area contributed by atoms with Gasteiger partial charge in [0.05, 0.1) is 16.1 Å². The third kappa shape index (κ3) is 3.20. The van der Waals surface area contributed by atoms with Gasteiger partial charge in [0, 0.05) is 11.3 Å². The molecular weight excluding hydrogens is 366 g/mol. The van der Waals surface area contributed by atoms with Crippen molar-refractivity contribution in [2.75, 3.05) is 16.9 Å². The van der Waals surface area contributed by atoms with Crippen LogP contribution in [0.25, 0.3) is 10.2 Å². The summed E-state index contributed by atoms with van der Waals surface area (Å²) in [4.78, 5) is 31.7. The Morgan fingerprint density at radius 2 is 1.96 bits per heavy atom. The molecule has 2 amide bonds. The molecule has 1 fully saturated rings. The van der Waals surface area contributed by atoms with Gasteiger partial charge in [0.1, 0.15) is 6.04 Å². The number of thioether (sulfide) groups is 1. The molecule has 1 aliphatic rings. The van der Waals surface area contributed by atoms with Gasteiger partial charge in [0.15, 0.2) is 5.13 Å². The molecule has 5 nitrogen and oxygen atoms in total. The van der Waals surface area contributed by atoms with Gasteiger partial charge in [0.25, 0.3) is 5.91 Å². The predicted molar refractivity (Wildman–Crippen MR) is 107 cm³/mol. The summed E-state index contributed by atoms with van der Waals surface area (Å²) in [6.45, 7) is 2.00. The van der Waals surface area contributed by atoms with Crippen molar-refractivity contribution >= 4 is 50.3 Å². The first-order valence-corrected chi connectivity index (χ1v) is 10.2. The van der Waals surface area contributed by atoms with Crippen molar-refractivity contribution in [1.82, 2.24) is 9.88 Å². The number of rotatable bonds is 3. The van der Waals surface area contributed by atoms with Gasteiger partial charge in [-0.05, 0) is 30.7 Å². The zero-order valence-electron chi connectivity index (χ0n) is 14.1. The average Bonchev–Trinajstić information content (AvgIpc) is 3.29. The first kappa shape index (κ1) is 17.1. The highest BCUT2D eigenvalue weighted by molar-refractivity contribution is 7.99. The molecule has 7 heteroatoms. The van der Waals surface area contributed by atoms with E-state index >= 15 is 0 Å². The van der Waals surface area contributed by atoms with Crippen LogP contribution in [0.5, 0.6) is 0 Å². The van der Waals surface area contributed by atoms with Gasteiger partial charge in [-0.15, -0.1) is 11.8 Å². The fraction of sp³-hybridized carbons (Fsp3) is 0.211. The van der Waals surface area contributed by atoms with Gasteiger partial charge < -0.3 is 10.2 Å². The average molecular weight is 383 g/mol. The van der Waals surface area contributed by atoms with Gasteiger partial charge in [-0.1, -0.05) is 41.7 Å². The Hall–Kier alpha value is -2.38. The molecule has 1 unspecified atom stereocenters. The second-order valence-corrected chi connectivity index (χ2v) is 8.12. The molecule has 0 radical (unpaired) electrons. The van der Waals surface area contributed by atoms with Crippen LogP contribution >= 0.6 is 23.1 Å². The van der Waals surface area contributed by atoms with Crippen LogP contribution in [0, 0.1) is 6.92 Å². The number of para-hydroxylation sites is 1. The molecule has 4 rings (SSSR count). The molecule has 1 saturated heterocycles. The van der Waals surface area contributed by atoms with E-state index in [1.165, 1.54) is 11.3 Å². The minimum Gasteiger partial charge on any atom is -0.316 e. The molecule has 3 aromatic rings. The molecule has 0 aliphatic carbocycles. The molecule has 26 heavy (non-hydrogen) atoms. The summed E-state index contributed by atoms with van der Waals surface area (Å²) in [5.41, 5.74) is 2.59. The molecule has 1 aliphatic heterocycles. The Bertz CT molecular complexity index is 971. The number of carbonyl (C=O) groups excluding carboxylic acids is 2. The maximum atomic E-state index is 12.8. The fourth-order valence-corrected chi connectivity index (χ4v) is 5.04. The molecule has 1 N–H and O–H groups in total. The Balaban J connectivity index is 1.53. The standard InChI is InChI=1S/C19H17N3O2S2/c1-12-6-5-9-15-16(12)20-19(26-15)21-17(23)14-10-25-11-22(14)18(24)13-7-3-2-4-8-13/h2-9,14H,10-11H2,1H3,(H,20,21,23). The number of carbonyl (C=O) groups is 2. The monoisotopic (exact) mass is 383 g/mol. The van der Waals surface area contributed by atoms with Crippen molar-refractivity contribution in [2.45, 2.75) is 13.0 Å².